The summed E-state index contributed by atoms with van der Waals surface area (Å²) in [7, 11) is 0. The molecule has 1 fully saturated rings. The molecule has 0 unspecified atom stereocenters. The van der Waals surface area contributed by atoms with E-state index in [0.717, 1.165) is 18.8 Å². The van der Waals surface area contributed by atoms with Crippen LogP contribution in [0.2, 0.25) is 0 Å². The van der Waals surface area contributed by atoms with Gasteiger partial charge >= 0.3 is 0 Å². The molecule has 2 N–H and O–H groups in total. The highest BCUT2D eigenvalue weighted by Gasteiger charge is 2.13. The summed E-state index contributed by atoms with van der Waals surface area (Å²) in [5, 5.41) is 5.92. The molecule has 1 aliphatic rings. The molecule has 19 heavy (non-hydrogen) atoms. The number of thioether (sulfide) groups is 1. The molecule has 2 rings (SSSR count). The van der Waals surface area contributed by atoms with Crippen molar-refractivity contribution in [2.45, 2.75) is 12.8 Å². The zero-order valence-corrected chi connectivity index (χ0v) is 11.6. The molecule has 1 amide bonds. The third-order valence-electron chi connectivity index (χ3n) is 3.19. The lowest BCUT2D eigenvalue weighted by Gasteiger charge is -2.21. The number of halogens is 1. The van der Waals surface area contributed by atoms with Crippen molar-refractivity contribution in [3.8, 4) is 0 Å². The van der Waals surface area contributed by atoms with Gasteiger partial charge in [0, 0.05) is 0 Å². The number of anilines is 1. The molecule has 0 spiro atoms. The Bertz CT molecular complexity index is 422. The van der Waals surface area contributed by atoms with Gasteiger partial charge in [-0.05, 0) is 49.7 Å². The summed E-state index contributed by atoms with van der Waals surface area (Å²) < 4.78 is 13.3. The molecular formula is C14H19FN2OS. The van der Waals surface area contributed by atoms with Gasteiger partial charge in [0.05, 0.1) is 11.4 Å². The zero-order valence-electron chi connectivity index (χ0n) is 10.8. The van der Waals surface area contributed by atoms with Gasteiger partial charge in [-0.15, -0.1) is 0 Å². The average Bonchev–Trinajstić information content (AvgIpc) is 2.43. The quantitative estimate of drug-likeness (QED) is 0.872. The van der Waals surface area contributed by atoms with Crippen LogP contribution < -0.4 is 10.6 Å². The topological polar surface area (TPSA) is 41.1 Å². The van der Waals surface area contributed by atoms with Gasteiger partial charge < -0.3 is 10.6 Å². The Morgan fingerprint density at radius 2 is 2.11 bits per heavy atom. The number of piperidine rings is 1. The minimum atomic E-state index is -0.390. The molecule has 104 valence electrons. The monoisotopic (exact) mass is 282 g/mol. The summed E-state index contributed by atoms with van der Waals surface area (Å²) in [6.07, 6.45) is 2.36. The Morgan fingerprint density at radius 1 is 1.37 bits per heavy atom. The summed E-state index contributed by atoms with van der Waals surface area (Å²) in [6.45, 7) is 2.15. The lowest BCUT2D eigenvalue weighted by molar-refractivity contribution is -0.113. The van der Waals surface area contributed by atoms with Crippen LogP contribution >= 0.6 is 11.8 Å². The van der Waals surface area contributed by atoms with Gasteiger partial charge in [0.15, 0.2) is 0 Å². The van der Waals surface area contributed by atoms with Crippen LogP contribution in [0.5, 0.6) is 0 Å². The van der Waals surface area contributed by atoms with E-state index >= 15 is 0 Å². The van der Waals surface area contributed by atoms with E-state index in [9.17, 15) is 9.18 Å². The maximum Gasteiger partial charge on any atom is 0.234 e. The number of para-hydroxylation sites is 1. The summed E-state index contributed by atoms with van der Waals surface area (Å²) in [4.78, 5) is 11.7. The second kappa shape index (κ2) is 7.50. The van der Waals surface area contributed by atoms with Crippen LogP contribution in [0, 0.1) is 11.7 Å². The zero-order chi connectivity index (χ0) is 13.5. The Labute approximate surface area is 117 Å². The molecule has 0 aromatic heterocycles. The number of rotatable bonds is 5. The predicted octanol–water partition coefficient (Wildman–Crippen LogP) is 2.50. The first-order valence-electron chi connectivity index (χ1n) is 6.58. The number of hydrogen-bond donors (Lipinski definition) is 2. The van der Waals surface area contributed by atoms with Crippen molar-refractivity contribution in [3.63, 3.8) is 0 Å². The molecule has 1 aliphatic heterocycles. The van der Waals surface area contributed by atoms with E-state index in [2.05, 4.69) is 10.6 Å². The van der Waals surface area contributed by atoms with Crippen LogP contribution in [0.3, 0.4) is 0 Å². The SMILES string of the molecule is O=C(CSCC1CCNCC1)Nc1ccccc1F. The van der Waals surface area contributed by atoms with Crippen LogP contribution in [0.15, 0.2) is 24.3 Å². The molecule has 3 nitrogen and oxygen atoms in total. The van der Waals surface area contributed by atoms with Crippen molar-refractivity contribution in [2.24, 2.45) is 5.92 Å². The number of carbonyl (C=O) groups excluding carboxylic acids is 1. The van der Waals surface area contributed by atoms with Crippen LogP contribution in [-0.4, -0.2) is 30.5 Å². The third-order valence-corrected chi connectivity index (χ3v) is 4.37. The first-order valence-corrected chi connectivity index (χ1v) is 7.74. The number of hydrogen-bond acceptors (Lipinski definition) is 3. The summed E-state index contributed by atoms with van der Waals surface area (Å²) in [5.74, 6) is 1.57. The number of benzene rings is 1. The second-order valence-electron chi connectivity index (χ2n) is 4.74. The summed E-state index contributed by atoms with van der Waals surface area (Å²) in [5.41, 5.74) is 0.259. The van der Waals surface area contributed by atoms with Gasteiger partial charge in [-0.25, -0.2) is 4.39 Å². The van der Waals surface area contributed by atoms with E-state index in [1.54, 1.807) is 30.0 Å². The molecule has 1 heterocycles. The normalized spacial score (nSPS) is 16.3. The van der Waals surface area contributed by atoms with E-state index in [0.29, 0.717) is 11.7 Å². The smallest absolute Gasteiger partial charge is 0.234 e. The molecule has 0 radical (unpaired) electrons. The van der Waals surface area contributed by atoms with Crippen molar-refractivity contribution in [1.29, 1.82) is 0 Å². The molecule has 1 aromatic carbocycles. The molecule has 1 aromatic rings. The minimum absolute atomic E-state index is 0.135. The van der Waals surface area contributed by atoms with Crippen molar-refractivity contribution in [3.05, 3.63) is 30.1 Å². The van der Waals surface area contributed by atoms with Crippen molar-refractivity contribution < 1.29 is 9.18 Å². The minimum Gasteiger partial charge on any atom is -0.323 e. The summed E-state index contributed by atoms with van der Waals surface area (Å²) >= 11 is 1.63. The molecule has 0 aliphatic carbocycles. The first-order chi connectivity index (χ1) is 9.25. The predicted molar refractivity (Wildman–Crippen MR) is 77.9 cm³/mol. The van der Waals surface area contributed by atoms with Crippen LogP contribution in [0.25, 0.3) is 0 Å². The number of nitrogens with one attached hydrogen (secondary N) is 2. The Kier molecular flexibility index (Phi) is 5.66. The molecule has 0 bridgehead atoms. The standard InChI is InChI=1S/C14H19FN2OS/c15-12-3-1-2-4-13(12)17-14(18)10-19-9-11-5-7-16-8-6-11/h1-4,11,16H,5-10H2,(H,17,18). The average molecular weight is 282 g/mol. The summed E-state index contributed by atoms with van der Waals surface area (Å²) in [6, 6.07) is 6.24. The second-order valence-corrected chi connectivity index (χ2v) is 5.77. The van der Waals surface area contributed by atoms with E-state index < -0.39 is 0 Å². The maximum absolute atomic E-state index is 13.3. The van der Waals surface area contributed by atoms with Gasteiger partial charge in [0.1, 0.15) is 5.82 Å². The molecule has 1 saturated heterocycles. The highest BCUT2D eigenvalue weighted by atomic mass is 32.2. The van der Waals surface area contributed by atoms with Crippen LogP contribution in [-0.2, 0) is 4.79 Å². The lowest BCUT2D eigenvalue weighted by Crippen LogP contribution is -2.29. The Hall–Kier alpha value is -1.07. The van der Waals surface area contributed by atoms with Crippen molar-refractivity contribution >= 4 is 23.4 Å². The van der Waals surface area contributed by atoms with Gasteiger partial charge in [0.25, 0.3) is 0 Å². The van der Waals surface area contributed by atoms with Gasteiger partial charge in [0.2, 0.25) is 5.91 Å². The number of carbonyl (C=O) groups is 1. The van der Waals surface area contributed by atoms with Crippen molar-refractivity contribution in [2.75, 3.05) is 29.9 Å². The largest absolute Gasteiger partial charge is 0.323 e. The molecule has 0 atom stereocenters. The first kappa shape index (κ1) is 14.3. The van der Waals surface area contributed by atoms with Crippen LogP contribution in [0.4, 0.5) is 10.1 Å². The fraction of sp³-hybridized carbons (Fsp3) is 0.500. The fourth-order valence-electron chi connectivity index (χ4n) is 2.12. The van der Waals surface area contributed by atoms with E-state index in [1.807, 2.05) is 0 Å². The maximum atomic E-state index is 13.3. The van der Waals surface area contributed by atoms with Gasteiger partial charge in [-0.3, -0.25) is 4.79 Å². The van der Waals surface area contributed by atoms with Crippen molar-refractivity contribution in [1.82, 2.24) is 5.32 Å². The highest BCUT2D eigenvalue weighted by molar-refractivity contribution is 7.99. The number of amides is 1. The molecular weight excluding hydrogens is 263 g/mol. The fourth-order valence-corrected chi connectivity index (χ4v) is 3.16. The van der Waals surface area contributed by atoms with E-state index in [4.69, 9.17) is 0 Å². The van der Waals surface area contributed by atoms with Gasteiger partial charge in [-0.1, -0.05) is 12.1 Å². The Morgan fingerprint density at radius 3 is 2.84 bits per heavy atom. The van der Waals surface area contributed by atoms with E-state index in [1.165, 1.54) is 18.9 Å². The van der Waals surface area contributed by atoms with E-state index in [-0.39, 0.29) is 17.4 Å². The third kappa shape index (κ3) is 4.84. The molecule has 0 saturated carbocycles. The van der Waals surface area contributed by atoms with Crippen LogP contribution in [0.1, 0.15) is 12.8 Å². The van der Waals surface area contributed by atoms with Gasteiger partial charge in [-0.2, -0.15) is 11.8 Å². The highest BCUT2D eigenvalue weighted by Crippen LogP contribution is 2.18. The Balaban J connectivity index is 1.68. The molecule has 5 heteroatoms. The lowest BCUT2D eigenvalue weighted by atomic mass is 10.0.